The molecular formula is C14H20N4O. The monoisotopic (exact) mass is 260 g/mol. The predicted octanol–water partition coefficient (Wildman–Crippen LogP) is 1.42. The Hall–Kier alpha value is -1.75. The highest BCUT2D eigenvalue weighted by molar-refractivity contribution is 5.78. The Bertz CT molecular complexity index is 633. The van der Waals surface area contributed by atoms with Crippen molar-refractivity contribution in [2.45, 2.75) is 19.3 Å². The fourth-order valence-electron chi connectivity index (χ4n) is 2.96. The summed E-state index contributed by atoms with van der Waals surface area (Å²) in [6.45, 7) is 1.73. The molecule has 5 nitrogen and oxygen atoms in total. The van der Waals surface area contributed by atoms with Crippen LogP contribution in [0.1, 0.15) is 19.3 Å². The summed E-state index contributed by atoms with van der Waals surface area (Å²) in [5.41, 5.74) is 8.85. The molecule has 0 aliphatic heterocycles. The fourth-order valence-corrected chi connectivity index (χ4v) is 2.96. The average molecular weight is 260 g/mol. The highest BCUT2D eigenvalue weighted by Crippen LogP contribution is 2.41. The molecule has 0 bridgehead atoms. The van der Waals surface area contributed by atoms with Crippen molar-refractivity contribution < 1.29 is 0 Å². The van der Waals surface area contributed by atoms with Gasteiger partial charge in [-0.1, -0.05) is 6.42 Å². The number of aromatic amines is 2. The molecule has 0 unspecified atom stereocenters. The minimum absolute atomic E-state index is 0.160. The number of imidazole rings is 1. The number of benzene rings is 1. The molecule has 102 valence electrons. The number of aromatic nitrogens is 2. The number of rotatable bonds is 4. The SMILES string of the molecule is CN(CC1(CN)CCC1)c1ccc2[nH]c(=O)[nH]c2c1. The number of hydrogen-bond acceptors (Lipinski definition) is 3. The van der Waals surface area contributed by atoms with Crippen LogP contribution in [0.5, 0.6) is 0 Å². The normalized spacial score (nSPS) is 17.4. The number of nitrogens with two attached hydrogens (primary N) is 1. The zero-order valence-electron chi connectivity index (χ0n) is 11.2. The van der Waals surface area contributed by atoms with Gasteiger partial charge in [-0.15, -0.1) is 0 Å². The lowest BCUT2D eigenvalue weighted by Gasteiger charge is -2.44. The lowest BCUT2D eigenvalue weighted by atomic mass is 9.68. The summed E-state index contributed by atoms with van der Waals surface area (Å²) in [5.74, 6) is 0. The van der Waals surface area contributed by atoms with E-state index in [0.29, 0.717) is 0 Å². The zero-order valence-corrected chi connectivity index (χ0v) is 11.2. The summed E-state index contributed by atoms with van der Waals surface area (Å²) in [4.78, 5) is 19.0. The molecule has 1 aromatic carbocycles. The maximum Gasteiger partial charge on any atom is 0.323 e. The quantitative estimate of drug-likeness (QED) is 0.778. The van der Waals surface area contributed by atoms with Gasteiger partial charge in [-0.2, -0.15) is 0 Å². The van der Waals surface area contributed by atoms with E-state index in [4.69, 9.17) is 5.73 Å². The van der Waals surface area contributed by atoms with Gasteiger partial charge in [0.2, 0.25) is 0 Å². The van der Waals surface area contributed by atoms with E-state index < -0.39 is 0 Å². The third-order valence-electron chi connectivity index (χ3n) is 4.36. The van der Waals surface area contributed by atoms with Crippen molar-refractivity contribution in [1.82, 2.24) is 9.97 Å². The van der Waals surface area contributed by atoms with Gasteiger partial charge in [0, 0.05) is 24.7 Å². The molecule has 3 rings (SSSR count). The topological polar surface area (TPSA) is 77.9 Å². The molecule has 0 saturated heterocycles. The van der Waals surface area contributed by atoms with Crippen LogP contribution >= 0.6 is 0 Å². The van der Waals surface area contributed by atoms with Crippen LogP contribution in [0.4, 0.5) is 5.69 Å². The van der Waals surface area contributed by atoms with E-state index in [9.17, 15) is 4.79 Å². The van der Waals surface area contributed by atoms with Gasteiger partial charge in [-0.05, 0) is 37.6 Å². The average Bonchev–Trinajstić information content (AvgIpc) is 2.72. The third-order valence-corrected chi connectivity index (χ3v) is 4.36. The molecule has 2 aromatic rings. The van der Waals surface area contributed by atoms with Gasteiger partial charge in [-0.3, -0.25) is 0 Å². The van der Waals surface area contributed by atoms with Crippen molar-refractivity contribution in [1.29, 1.82) is 0 Å². The summed E-state index contributed by atoms with van der Waals surface area (Å²) >= 11 is 0. The van der Waals surface area contributed by atoms with Crippen molar-refractivity contribution in [2.75, 3.05) is 25.0 Å². The Balaban J connectivity index is 1.84. The summed E-state index contributed by atoms with van der Waals surface area (Å²) in [6.07, 6.45) is 3.73. The number of anilines is 1. The Morgan fingerprint density at radius 2 is 2.05 bits per heavy atom. The first-order valence-electron chi connectivity index (χ1n) is 6.75. The van der Waals surface area contributed by atoms with Gasteiger partial charge in [0.1, 0.15) is 0 Å². The van der Waals surface area contributed by atoms with Crippen LogP contribution in [0.3, 0.4) is 0 Å². The van der Waals surface area contributed by atoms with Crippen molar-refractivity contribution >= 4 is 16.7 Å². The van der Waals surface area contributed by atoms with Crippen LogP contribution in [0.15, 0.2) is 23.0 Å². The van der Waals surface area contributed by atoms with Gasteiger partial charge in [0.15, 0.2) is 0 Å². The molecule has 1 aliphatic carbocycles. The zero-order chi connectivity index (χ0) is 13.5. The van der Waals surface area contributed by atoms with E-state index in [1.165, 1.54) is 19.3 Å². The molecule has 0 spiro atoms. The highest BCUT2D eigenvalue weighted by atomic mass is 16.1. The molecule has 0 radical (unpaired) electrons. The molecule has 1 fully saturated rings. The van der Waals surface area contributed by atoms with Crippen LogP contribution in [-0.4, -0.2) is 30.1 Å². The summed E-state index contributed by atoms with van der Waals surface area (Å²) in [6, 6.07) is 5.99. The minimum Gasteiger partial charge on any atom is -0.374 e. The largest absolute Gasteiger partial charge is 0.374 e. The number of fused-ring (bicyclic) bond motifs is 1. The van der Waals surface area contributed by atoms with Gasteiger partial charge in [-0.25, -0.2) is 4.79 Å². The first-order valence-corrected chi connectivity index (χ1v) is 6.75. The number of H-pyrrole nitrogens is 2. The molecule has 1 aliphatic rings. The van der Waals surface area contributed by atoms with Crippen LogP contribution in [0.25, 0.3) is 11.0 Å². The first kappa shape index (κ1) is 12.3. The van der Waals surface area contributed by atoms with Crippen LogP contribution in [-0.2, 0) is 0 Å². The van der Waals surface area contributed by atoms with E-state index in [1.807, 2.05) is 18.2 Å². The minimum atomic E-state index is -0.160. The van der Waals surface area contributed by atoms with Crippen LogP contribution in [0.2, 0.25) is 0 Å². The Morgan fingerprint density at radius 3 is 2.68 bits per heavy atom. The first-order chi connectivity index (χ1) is 9.12. The van der Waals surface area contributed by atoms with Gasteiger partial charge in [0.25, 0.3) is 0 Å². The van der Waals surface area contributed by atoms with E-state index in [-0.39, 0.29) is 11.1 Å². The van der Waals surface area contributed by atoms with E-state index >= 15 is 0 Å². The standard InChI is InChI=1S/C14H20N4O/c1-18(9-14(8-15)5-2-6-14)10-3-4-11-12(7-10)17-13(19)16-11/h3-4,7H,2,5-6,8-9,15H2,1H3,(H2,16,17,19). The van der Waals surface area contributed by atoms with Gasteiger partial charge < -0.3 is 20.6 Å². The lowest BCUT2D eigenvalue weighted by molar-refractivity contribution is 0.154. The second-order valence-electron chi connectivity index (χ2n) is 5.72. The second-order valence-corrected chi connectivity index (χ2v) is 5.72. The predicted molar refractivity (Wildman–Crippen MR) is 77.5 cm³/mol. The molecule has 4 N–H and O–H groups in total. The maximum absolute atomic E-state index is 11.3. The Kier molecular flexibility index (Phi) is 2.86. The van der Waals surface area contributed by atoms with Crippen LogP contribution in [0, 0.1) is 5.41 Å². The molecule has 1 aromatic heterocycles. The molecule has 19 heavy (non-hydrogen) atoms. The second kappa shape index (κ2) is 4.42. The molecule has 0 amide bonds. The molecule has 1 saturated carbocycles. The molecule has 0 atom stereocenters. The number of nitrogens with zero attached hydrogens (tertiary/aromatic N) is 1. The van der Waals surface area contributed by atoms with Crippen molar-refractivity contribution in [3.63, 3.8) is 0 Å². The molecule has 5 heteroatoms. The van der Waals surface area contributed by atoms with E-state index in [1.54, 1.807) is 0 Å². The summed E-state index contributed by atoms with van der Waals surface area (Å²) in [5, 5.41) is 0. The summed E-state index contributed by atoms with van der Waals surface area (Å²) in [7, 11) is 2.08. The molecule has 1 heterocycles. The number of hydrogen-bond donors (Lipinski definition) is 3. The lowest BCUT2D eigenvalue weighted by Crippen LogP contribution is -2.46. The third kappa shape index (κ3) is 2.14. The Morgan fingerprint density at radius 1 is 1.32 bits per heavy atom. The van der Waals surface area contributed by atoms with E-state index in [2.05, 4.69) is 21.9 Å². The fraction of sp³-hybridized carbons (Fsp3) is 0.500. The number of nitrogens with one attached hydrogen (secondary N) is 2. The highest BCUT2D eigenvalue weighted by Gasteiger charge is 2.36. The van der Waals surface area contributed by atoms with E-state index in [0.717, 1.165) is 29.8 Å². The van der Waals surface area contributed by atoms with Crippen molar-refractivity contribution in [2.24, 2.45) is 11.1 Å². The smallest absolute Gasteiger partial charge is 0.323 e. The van der Waals surface area contributed by atoms with Crippen LogP contribution < -0.4 is 16.3 Å². The van der Waals surface area contributed by atoms with Gasteiger partial charge >= 0.3 is 5.69 Å². The van der Waals surface area contributed by atoms with Crippen molar-refractivity contribution in [3.05, 3.63) is 28.7 Å². The summed E-state index contributed by atoms with van der Waals surface area (Å²) < 4.78 is 0. The van der Waals surface area contributed by atoms with Gasteiger partial charge in [0.05, 0.1) is 11.0 Å². The van der Waals surface area contributed by atoms with Crippen molar-refractivity contribution in [3.8, 4) is 0 Å². The Labute approximate surface area is 111 Å². The maximum atomic E-state index is 11.3. The molecular weight excluding hydrogens is 240 g/mol.